The minimum absolute atomic E-state index is 0.300. The van der Waals surface area contributed by atoms with Gasteiger partial charge in [-0.25, -0.2) is 0 Å². The Balaban J connectivity index is 2.37. The molecule has 0 heterocycles. The molecule has 0 spiro atoms. The van der Waals surface area contributed by atoms with Gasteiger partial charge < -0.3 is 10.4 Å². The molecule has 1 aromatic carbocycles. The number of aromatic hydroxyl groups is 1. The number of hydrogen-bond acceptors (Lipinski definition) is 2. The fraction of sp³-hybridized carbons (Fsp3) is 0.200. The molecule has 0 saturated carbocycles. The molecule has 0 amide bonds. The zero-order chi connectivity index (χ0) is 9.68. The SMILES string of the molecule is C=C(Br)CNCc1ccc(O)cc1. The third-order valence-corrected chi connectivity index (χ3v) is 1.86. The molecule has 0 atom stereocenters. The summed E-state index contributed by atoms with van der Waals surface area (Å²) in [5.74, 6) is 0.300. The smallest absolute Gasteiger partial charge is 0.115 e. The third kappa shape index (κ3) is 4.10. The number of nitrogens with one attached hydrogen (secondary N) is 1. The van der Waals surface area contributed by atoms with E-state index in [2.05, 4.69) is 27.8 Å². The topological polar surface area (TPSA) is 32.3 Å². The van der Waals surface area contributed by atoms with Crippen LogP contribution in [0.1, 0.15) is 5.56 Å². The Morgan fingerprint density at radius 2 is 2.00 bits per heavy atom. The first-order valence-corrected chi connectivity index (χ1v) is 4.79. The molecule has 0 bridgehead atoms. The first kappa shape index (κ1) is 10.3. The van der Waals surface area contributed by atoms with Gasteiger partial charge in [0.15, 0.2) is 0 Å². The summed E-state index contributed by atoms with van der Waals surface area (Å²) >= 11 is 3.26. The summed E-state index contributed by atoms with van der Waals surface area (Å²) < 4.78 is 0.936. The lowest BCUT2D eigenvalue weighted by molar-refractivity contribution is 0.475. The maximum atomic E-state index is 9.03. The molecule has 1 aromatic rings. The van der Waals surface area contributed by atoms with Gasteiger partial charge in [-0.3, -0.25) is 0 Å². The molecule has 0 radical (unpaired) electrons. The fourth-order valence-electron chi connectivity index (χ4n) is 0.956. The largest absolute Gasteiger partial charge is 0.508 e. The molecule has 0 aliphatic heterocycles. The lowest BCUT2D eigenvalue weighted by Crippen LogP contribution is -2.14. The Bertz CT molecular complexity index is 281. The van der Waals surface area contributed by atoms with Crippen molar-refractivity contribution in [1.29, 1.82) is 0 Å². The van der Waals surface area contributed by atoms with Crippen LogP contribution in [-0.2, 0) is 6.54 Å². The quantitative estimate of drug-likeness (QED) is 0.849. The Kier molecular flexibility index (Phi) is 3.99. The molecule has 2 nitrogen and oxygen atoms in total. The molecule has 0 aliphatic carbocycles. The normalized spacial score (nSPS) is 9.92. The highest BCUT2D eigenvalue weighted by atomic mass is 79.9. The lowest BCUT2D eigenvalue weighted by Gasteiger charge is -2.03. The maximum absolute atomic E-state index is 9.03. The van der Waals surface area contributed by atoms with E-state index in [1.54, 1.807) is 12.1 Å². The molecule has 0 unspecified atom stereocenters. The van der Waals surface area contributed by atoms with Gasteiger partial charge in [-0.1, -0.05) is 34.6 Å². The molecule has 0 saturated heterocycles. The number of phenolic OH excluding ortho intramolecular Hbond substituents is 1. The summed E-state index contributed by atoms with van der Waals surface area (Å²) in [6.07, 6.45) is 0. The van der Waals surface area contributed by atoms with Crippen LogP contribution in [0.15, 0.2) is 35.3 Å². The van der Waals surface area contributed by atoms with E-state index in [0.29, 0.717) is 5.75 Å². The summed E-state index contributed by atoms with van der Waals surface area (Å²) in [7, 11) is 0. The standard InChI is InChI=1S/C10H12BrNO/c1-8(11)6-12-7-9-2-4-10(13)5-3-9/h2-5,12-13H,1,6-7H2. The van der Waals surface area contributed by atoms with Crippen LogP contribution >= 0.6 is 15.9 Å². The monoisotopic (exact) mass is 241 g/mol. The molecule has 0 aromatic heterocycles. The fourth-order valence-corrected chi connectivity index (χ4v) is 1.15. The van der Waals surface area contributed by atoms with Crippen molar-refractivity contribution in [1.82, 2.24) is 5.32 Å². The Labute approximate surface area is 86.4 Å². The van der Waals surface area contributed by atoms with Crippen LogP contribution < -0.4 is 5.32 Å². The molecule has 0 fully saturated rings. The first-order chi connectivity index (χ1) is 6.18. The van der Waals surface area contributed by atoms with E-state index < -0.39 is 0 Å². The Morgan fingerprint density at radius 1 is 1.38 bits per heavy atom. The van der Waals surface area contributed by atoms with E-state index in [4.69, 9.17) is 5.11 Å². The highest BCUT2D eigenvalue weighted by molar-refractivity contribution is 9.11. The van der Waals surface area contributed by atoms with Crippen LogP contribution in [0.2, 0.25) is 0 Å². The Morgan fingerprint density at radius 3 is 2.54 bits per heavy atom. The van der Waals surface area contributed by atoms with Gasteiger partial charge in [-0.2, -0.15) is 0 Å². The molecule has 1 rings (SSSR count). The summed E-state index contributed by atoms with van der Waals surface area (Å²) in [5, 5.41) is 12.2. The van der Waals surface area contributed by atoms with Crippen molar-refractivity contribution in [2.75, 3.05) is 6.54 Å². The number of rotatable bonds is 4. The van der Waals surface area contributed by atoms with Crippen molar-refractivity contribution in [3.05, 3.63) is 40.9 Å². The van der Waals surface area contributed by atoms with E-state index in [0.717, 1.165) is 23.1 Å². The van der Waals surface area contributed by atoms with Crippen LogP contribution in [-0.4, -0.2) is 11.7 Å². The molecule has 70 valence electrons. The van der Waals surface area contributed by atoms with Crippen molar-refractivity contribution in [2.24, 2.45) is 0 Å². The second-order valence-corrected chi connectivity index (χ2v) is 3.91. The van der Waals surface area contributed by atoms with Gasteiger partial charge in [0, 0.05) is 17.6 Å². The summed E-state index contributed by atoms with van der Waals surface area (Å²) in [5.41, 5.74) is 1.14. The number of benzene rings is 1. The summed E-state index contributed by atoms with van der Waals surface area (Å²) in [4.78, 5) is 0. The molecular formula is C10H12BrNO. The van der Waals surface area contributed by atoms with Gasteiger partial charge in [0.2, 0.25) is 0 Å². The number of phenols is 1. The minimum atomic E-state index is 0.300. The van der Waals surface area contributed by atoms with Crippen LogP contribution in [0.25, 0.3) is 0 Å². The van der Waals surface area contributed by atoms with E-state index in [1.807, 2.05) is 12.1 Å². The van der Waals surface area contributed by atoms with Crippen molar-refractivity contribution in [2.45, 2.75) is 6.54 Å². The highest BCUT2D eigenvalue weighted by Crippen LogP contribution is 2.09. The summed E-state index contributed by atoms with van der Waals surface area (Å²) in [6, 6.07) is 7.14. The maximum Gasteiger partial charge on any atom is 0.115 e. The van der Waals surface area contributed by atoms with Crippen LogP contribution in [0, 0.1) is 0 Å². The second-order valence-electron chi connectivity index (χ2n) is 2.79. The summed E-state index contributed by atoms with van der Waals surface area (Å²) in [6.45, 7) is 5.25. The van der Waals surface area contributed by atoms with Gasteiger partial charge >= 0.3 is 0 Å². The van der Waals surface area contributed by atoms with Gasteiger partial charge in [-0.15, -0.1) is 0 Å². The molecule has 3 heteroatoms. The average Bonchev–Trinajstić information content (AvgIpc) is 2.08. The van der Waals surface area contributed by atoms with E-state index in [1.165, 1.54) is 0 Å². The highest BCUT2D eigenvalue weighted by Gasteiger charge is 1.92. The van der Waals surface area contributed by atoms with E-state index in [-0.39, 0.29) is 0 Å². The van der Waals surface area contributed by atoms with Crippen molar-refractivity contribution < 1.29 is 5.11 Å². The zero-order valence-corrected chi connectivity index (χ0v) is 8.84. The lowest BCUT2D eigenvalue weighted by atomic mass is 10.2. The Hall–Kier alpha value is -0.800. The van der Waals surface area contributed by atoms with Gasteiger partial charge in [0.1, 0.15) is 5.75 Å². The average molecular weight is 242 g/mol. The van der Waals surface area contributed by atoms with Crippen molar-refractivity contribution in [3.8, 4) is 5.75 Å². The van der Waals surface area contributed by atoms with Gasteiger partial charge in [-0.05, 0) is 17.7 Å². The number of hydrogen-bond donors (Lipinski definition) is 2. The third-order valence-electron chi connectivity index (χ3n) is 1.58. The van der Waals surface area contributed by atoms with Gasteiger partial charge in [0.25, 0.3) is 0 Å². The minimum Gasteiger partial charge on any atom is -0.508 e. The van der Waals surface area contributed by atoms with Crippen molar-refractivity contribution >= 4 is 15.9 Å². The first-order valence-electron chi connectivity index (χ1n) is 4.00. The van der Waals surface area contributed by atoms with Crippen LogP contribution in [0.4, 0.5) is 0 Å². The number of halogens is 1. The van der Waals surface area contributed by atoms with Crippen LogP contribution in [0.3, 0.4) is 0 Å². The second kappa shape index (κ2) is 5.04. The predicted octanol–water partition coefficient (Wildman–Crippen LogP) is 2.39. The van der Waals surface area contributed by atoms with Crippen molar-refractivity contribution in [3.63, 3.8) is 0 Å². The molecule has 2 N–H and O–H groups in total. The van der Waals surface area contributed by atoms with Crippen LogP contribution in [0.5, 0.6) is 5.75 Å². The predicted molar refractivity (Wildman–Crippen MR) is 57.9 cm³/mol. The van der Waals surface area contributed by atoms with E-state index >= 15 is 0 Å². The molecule has 13 heavy (non-hydrogen) atoms. The molecular weight excluding hydrogens is 230 g/mol. The van der Waals surface area contributed by atoms with E-state index in [9.17, 15) is 0 Å². The molecule has 0 aliphatic rings. The van der Waals surface area contributed by atoms with Gasteiger partial charge in [0.05, 0.1) is 0 Å². The zero-order valence-electron chi connectivity index (χ0n) is 7.26.